The summed E-state index contributed by atoms with van der Waals surface area (Å²) in [6, 6.07) is 7.48. The van der Waals surface area contributed by atoms with Gasteiger partial charge in [0.1, 0.15) is 5.75 Å². The van der Waals surface area contributed by atoms with Crippen molar-refractivity contribution < 1.29 is 9.84 Å². The molecular weight excluding hydrogens is 294 g/mol. The molecule has 0 spiro atoms. The van der Waals surface area contributed by atoms with Crippen LogP contribution >= 0.6 is 15.9 Å². The van der Waals surface area contributed by atoms with Gasteiger partial charge in [-0.05, 0) is 30.5 Å². The highest BCUT2D eigenvalue weighted by Gasteiger charge is 2.19. The lowest BCUT2D eigenvalue weighted by Crippen LogP contribution is -2.36. The van der Waals surface area contributed by atoms with Crippen LogP contribution in [0.2, 0.25) is 0 Å². The highest BCUT2D eigenvalue weighted by Crippen LogP contribution is 2.17. The number of hydrogen-bond donors (Lipinski definition) is 1. The van der Waals surface area contributed by atoms with Crippen LogP contribution in [0.5, 0.6) is 5.75 Å². The van der Waals surface area contributed by atoms with Crippen molar-refractivity contribution in [1.29, 1.82) is 0 Å². The molecule has 0 atom stereocenters. The van der Waals surface area contributed by atoms with Gasteiger partial charge in [-0.1, -0.05) is 28.1 Å². The summed E-state index contributed by atoms with van der Waals surface area (Å²) in [5.74, 6) is 0.334. The number of piperidine rings is 1. The first-order chi connectivity index (χ1) is 8.78. The van der Waals surface area contributed by atoms with Crippen LogP contribution in [0.3, 0.4) is 0 Å². The summed E-state index contributed by atoms with van der Waals surface area (Å²) >= 11 is 3.38. The summed E-state index contributed by atoms with van der Waals surface area (Å²) in [6.45, 7) is 3.95. The summed E-state index contributed by atoms with van der Waals surface area (Å²) in [4.78, 5) is 2.44. The molecule has 1 aliphatic heterocycles. The number of hydrogen-bond acceptors (Lipinski definition) is 3. The zero-order valence-corrected chi connectivity index (χ0v) is 12.1. The third kappa shape index (κ3) is 4.26. The molecule has 0 bridgehead atoms. The number of ether oxygens (including phenoxy) is 1. The second kappa shape index (κ2) is 7.12. The largest absolute Gasteiger partial charge is 0.508 e. The van der Waals surface area contributed by atoms with Gasteiger partial charge in [0.2, 0.25) is 0 Å². The number of nitrogens with zero attached hydrogens (tertiary/aromatic N) is 1. The fraction of sp³-hybridized carbons (Fsp3) is 0.571. The Bertz CT molecular complexity index is 347. The van der Waals surface area contributed by atoms with E-state index in [1.165, 1.54) is 5.56 Å². The van der Waals surface area contributed by atoms with E-state index in [0.29, 0.717) is 11.9 Å². The first-order valence-corrected chi connectivity index (χ1v) is 7.58. The zero-order valence-electron chi connectivity index (χ0n) is 10.5. The Hall–Kier alpha value is -0.580. The van der Waals surface area contributed by atoms with Crippen molar-refractivity contribution in [2.45, 2.75) is 25.5 Å². The van der Waals surface area contributed by atoms with Crippen molar-refractivity contribution in [2.24, 2.45) is 0 Å². The molecule has 0 saturated carbocycles. The van der Waals surface area contributed by atoms with Crippen molar-refractivity contribution in [1.82, 2.24) is 4.90 Å². The lowest BCUT2D eigenvalue weighted by molar-refractivity contribution is 0.0141. The minimum absolute atomic E-state index is 0.334. The van der Waals surface area contributed by atoms with Gasteiger partial charge in [0.25, 0.3) is 0 Å². The average molecular weight is 314 g/mol. The van der Waals surface area contributed by atoms with E-state index in [1.54, 1.807) is 12.1 Å². The molecule has 1 heterocycles. The minimum Gasteiger partial charge on any atom is -0.508 e. The van der Waals surface area contributed by atoms with Crippen molar-refractivity contribution in [3.63, 3.8) is 0 Å². The summed E-state index contributed by atoms with van der Waals surface area (Å²) in [5.41, 5.74) is 1.26. The van der Waals surface area contributed by atoms with Crippen molar-refractivity contribution in [2.75, 3.05) is 25.0 Å². The Balaban J connectivity index is 1.74. The van der Waals surface area contributed by atoms with Gasteiger partial charge in [0.05, 0.1) is 12.7 Å². The SMILES string of the molecule is Oc1ccc(CN2CCC(OCCBr)CC2)cc1. The molecular formula is C14H20BrNO2. The van der Waals surface area contributed by atoms with Crippen LogP contribution in [0, 0.1) is 0 Å². The molecule has 1 saturated heterocycles. The van der Waals surface area contributed by atoms with E-state index in [4.69, 9.17) is 4.74 Å². The summed E-state index contributed by atoms with van der Waals surface area (Å²) in [5, 5.41) is 10.2. The van der Waals surface area contributed by atoms with Gasteiger partial charge >= 0.3 is 0 Å². The second-order valence-electron chi connectivity index (χ2n) is 4.70. The molecule has 100 valence electrons. The normalized spacial score (nSPS) is 18.1. The number of phenolic OH excluding ortho intramolecular Hbond substituents is 1. The Morgan fingerprint density at radius 3 is 2.50 bits per heavy atom. The number of alkyl halides is 1. The van der Waals surface area contributed by atoms with E-state index in [2.05, 4.69) is 20.8 Å². The van der Waals surface area contributed by atoms with Crippen LogP contribution in [-0.4, -0.2) is 41.1 Å². The fourth-order valence-electron chi connectivity index (χ4n) is 2.30. The number of halogens is 1. The average Bonchev–Trinajstić information content (AvgIpc) is 2.41. The highest BCUT2D eigenvalue weighted by molar-refractivity contribution is 9.09. The summed E-state index contributed by atoms with van der Waals surface area (Å²) in [6.07, 6.45) is 2.66. The van der Waals surface area contributed by atoms with Gasteiger partial charge < -0.3 is 9.84 Å². The zero-order chi connectivity index (χ0) is 12.8. The maximum Gasteiger partial charge on any atom is 0.115 e. The van der Waals surface area contributed by atoms with E-state index < -0.39 is 0 Å². The van der Waals surface area contributed by atoms with E-state index in [0.717, 1.165) is 44.4 Å². The highest BCUT2D eigenvalue weighted by atomic mass is 79.9. The van der Waals surface area contributed by atoms with Crippen molar-refractivity contribution >= 4 is 15.9 Å². The van der Waals surface area contributed by atoms with E-state index in [-0.39, 0.29) is 0 Å². The Kier molecular flexibility index (Phi) is 5.47. The van der Waals surface area contributed by atoms with Crippen LogP contribution in [-0.2, 0) is 11.3 Å². The van der Waals surface area contributed by atoms with Gasteiger partial charge in [0, 0.05) is 25.0 Å². The molecule has 1 fully saturated rings. The molecule has 0 aromatic heterocycles. The molecule has 0 aliphatic carbocycles. The smallest absolute Gasteiger partial charge is 0.115 e. The number of rotatable bonds is 5. The maximum absolute atomic E-state index is 9.25. The lowest BCUT2D eigenvalue weighted by Gasteiger charge is -2.31. The molecule has 18 heavy (non-hydrogen) atoms. The molecule has 2 rings (SSSR count). The van der Waals surface area contributed by atoms with Crippen LogP contribution < -0.4 is 0 Å². The van der Waals surface area contributed by atoms with Gasteiger partial charge in [-0.3, -0.25) is 4.90 Å². The predicted octanol–water partition coefficient (Wildman–Crippen LogP) is 2.77. The molecule has 1 aromatic rings. The third-order valence-electron chi connectivity index (χ3n) is 3.31. The number of phenols is 1. The Labute approximate surface area is 117 Å². The number of likely N-dealkylation sites (tertiary alicyclic amines) is 1. The molecule has 4 heteroatoms. The monoisotopic (exact) mass is 313 g/mol. The van der Waals surface area contributed by atoms with Crippen LogP contribution in [0.4, 0.5) is 0 Å². The molecule has 3 nitrogen and oxygen atoms in total. The molecule has 0 amide bonds. The first-order valence-electron chi connectivity index (χ1n) is 6.46. The second-order valence-corrected chi connectivity index (χ2v) is 5.49. The maximum atomic E-state index is 9.25. The Morgan fingerprint density at radius 2 is 1.89 bits per heavy atom. The third-order valence-corrected chi connectivity index (χ3v) is 3.63. The summed E-state index contributed by atoms with van der Waals surface area (Å²) < 4.78 is 5.74. The molecule has 0 radical (unpaired) electrons. The standard InChI is InChI=1S/C14H20BrNO2/c15-7-10-18-14-5-8-16(9-6-14)11-12-1-3-13(17)4-2-12/h1-4,14,17H,5-11H2. The quantitative estimate of drug-likeness (QED) is 0.848. The van der Waals surface area contributed by atoms with E-state index in [1.807, 2.05) is 12.1 Å². The van der Waals surface area contributed by atoms with Crippen LogP contribution in [0.1, 0.15) is 18.4 Å². The van der Waals surface area contributed by atoms with Gasteiger partial charge in [-0.15, -0.1) is 0 Å². The number of benzene rings is 1. The van der Waals surface area contributed by atoms with Crippen LogP contribution in [0.25, 0.3) is 0 Å². The van der Waals surface area contributed by atoms with E-state index >= 15 is 0 Å². The summed E-state index contributed by atoms with van der Waals surface area (Å²) in [7, 11) is 0. The fourth-order valence-corrected chi connectivity index (χ4v) is 2.49. The first kappa shape index (κ1) is 13.8. The molecule has 1 aromatic carbocycles. The van der Waals surface area contributed by atoms with Gasteiger partial charge in [-0.25, -0.2) is 0 Å². The topological polar surface area (TPSA) is 32.7 Å². The van der Waals surface area contributed by atoms with Crippen molar-refractivity contribution in [3.8, 4) is 5.75 Å². The van der Waals surface area contributed by atoms with E-state index in [9.17, 15) is 5.11 Å². The number of aromatic hydroxyl groups is 1. The van der Waals surface area contributed by atoms with Gasteiger partial charge in [0.15, 0.2) is 0 Å². The lowest BCUT2D eigenvalue weighted by atomic mass is 10.1. The molecule has 0 unspecified atom stereocenters. The van der Waals surface area contributed by atoms with Crippen molar-refractivity contribution in [3.05, 3.63) is 29.8 Å². The van der Waals surface area contributed by atoms with Gasteiger partial charge in [-0.2, -0.15) is 0 Å². The molecule has 1 aliphatic rings. The molecule has 1 N–H and O–H groups in total. The van der Waals surface area contributed by atoms with Crippen LogP contribution in [0.15, 0.2) is 24.3 Å². The predicted molar refractivity (Wildman–Crippen MR) is 76.2 cm³/mol. The Morgan fingerprint density at radius 1 is 1.22 bits per heavy atom. The minimum atomic E-state index is 0.334.